The van der Waals surface area contributed by atoms with Crippen LogP contribution >= 0.6 is 0 Å². The number of aryl methyl sites for hydroxylation is 1. The minimum absolute atomic E-state index is 0.104. The molecule has 1 aromatic heterocycles. The second-order valence-electron chi connectivity index (χ2n) is 4.04. The molecule has 1 heterocycles. The summed E-state index contributed by atoms with van der Waals surface area (Å²) >= 11 is 0. The maximum Gasteiger partial charge on any atom is 0.254 e. The lowest BCUT2D eigenvalue weighted by Gasteiger charge is -2.19. The molecule has 0 bridgehead atoms. The van der Waals surface area contributed by atoms with Gasteiger partial charge in [-0.2, -0.15) is 0 Å². The molecule has 0 saturated heterocycles. The standard InChI is InChI=1S/C11H12F3N/c1-7-10(12)5-8(6-15-7)9-3-2-4-11(9,13)14/h5-6,9H,2-4H2,1H3. The molecule has 1 fully saturated rings. The second kappa shape index (κ2) is 3.51. The Morgan fingerprint density at radius 1 is 1.47 bits per heavy atom. The molecule has 0 amide bonds. The summed E-state index contributed by atoms with van der Waals surface area (Å²) in [5, 5.41) is 0. The molecule has 0 N–H and O–H groups in total. The summed E-state index contributed by atoms with van der Waals surface area (Å²) in [5.41, 5.74) is 0.570. The van der Waals surface area contributed by atoms with E-state index in [1.165, 1.54) is 19.2 Å². The van der Waals surface area contributed by atoms with Crippen LogP contribution in [0.25, 0.3) is 0 Å². The number of pyridine rings is 1. The van der Waals surface area contributed by atoms with Crippen LogP contribution in [0.4, 0.5) is 13.2 Å². The molecule has 1 aliphatic carbocycles. The highest BCUT2D eigenvalue weighted by Gasteiger charge is 2.44. The van der Waals surface area contributed by atoms with Gasteiger partial charge in [0.1, 0.15) is 5.82 Å². The molecular formula is C11H12F3N. The van der Waals surface area contributed by atoms with Crippen LogP contribution in [-0.4, -0.2) is 10.9 Å². The molecule has 4 heteroatoms. The third-order valence-electron chi connectivity index (χ3n) is 2.96. The first kappa shape index (κ1) is 10.5. The Kier molecular flexibility index (Phi) is 2.44. The molecule has 0 aliphatic heterocycles. The highest BCUT2D eigenvalue weighted by molar-refractivity contribution is 5.23. The van der Waals surface area contributed by atoms with Crippen molar-refractivity contribution in [1.82, 2.24) is 4.98 Å². The number of rotatable bonds is 1. The molecule has 1 unspecified atom stereocenters. The predicted molar refractivity (Wildman–Crippen MR) is 50.5 cm³/mol. The molecule has 0 spiro atoms. The van der Waals surface area contributed by atoms with Gasteiger partial charge in [0.25, 0.3) is 5.92 Å². The molecule has 82 valence electrons. The smallest absolute Gasteiger partial charge is 0.254 e. The van der Waals surface area contributed by atoms with E-state index in [9.17, 15) is 13.2 Å². The van der Waals surface area contributed by atoms with E-state index in [0.717, 1.165) is 0 Å². The Morgan fingerprint density at radius 3 is 2.73 bits per heavy atom. The summed E-state index contributed by atoms with van der Waals surface area (Å²) in [6, 6.07) is 1.19. The lowest BCUT2D eigenvalue weighted by Crippen LogP contribution is -2.20. The monoisotopic (exact) mass is 215 g/mol. The normalized spacial score (nSPS) is 24.4. The summed E-state index contributed by atoms with van der Waals surface area (Å²) in [4.78, 5) is 3.78. The van der Waals surface area contributed by atoms with Crippen LogP contribution < -0.4 is 0 Å². The molecule has 0 radical (unpaired) electrons. The van der Waals surface area contributed by atoms with E-state index in [2.05, 4.69) is 4.98 Å². The van der Waals surface area contributed by atoms with Crippen molar-refractivity contribution in [2.45, 2.75) is 38.0 Å². The zero-order valence-corrected chi connectivity index (χ0v) is 8.43. The first-order chi connectivity index (χ1) is 7.00. The van der Waals surface area contributed by atoms with Crippen LogP contribution in [-0.2, 0) is 0 Å². The van der Waals surface area contributed by atoms with E-state index in [0.29, 0.717) is 18.4 Å². The van der Waals surface area contributed by atoms with Crippen molar-refractivity contribution in [1.29, 1.82) is 0 Å². The van der Waals surface area contributed by atoms with E-state index in [1.54, 1.807) is 0 Å². The van der Waals surface area contributed by atoms with Gasteiger partial charge in [0, 0.05) is 18.5 Å². The summed E-state index contributed by atoms with van der Waals surface area (Å²) in [6.07, 6.45) is 2.17. The zero-order valence-electron chi connectivity index (χ0n) is 8.43. The number of aromatic nitrogens is 1. The maximum atomic E-state index is 13.4. The highest BCUT2D eigenvalue weighted by Crippen LogP contribution is 2.46. The summed E-state index contributed by atoms with van der Waals surface area (Å²) in [5.74, 6) is -4.07. The molecular weight excluding hydrogens is 203 g/mol. The van der Waals surface area contributed by atoms with Crippen LogP contribution in [0.3, 0.4) is 0 Å². The van der Waals surface area contributed by atoms with Gasteiger partial charge in [-0.05, 0) is 31.4 Å². The highest BCUT2D eigenvalue weighted by atomic mass is 19.3. The molecule has 2 rings (SSSR count). The molecule has 15 heavy (non-hydrogen) atoms. The minimum atomic E-state index is -2.70. The van der Waals surface area contributed by atoms with E-state index in [1.807, 2.05) is 0 Å². The van der Waals surface area contributed by atoms with Crippen LogP contribution in [0.15, 0.2) is 12.3 Å². The van der Waals surface area contributed by atoms with Gasteiger partial charge in [0.15, 0.2) is 0 Å². The van der Waals surface area contributed by atoms with Gasteiger partial charge in [-0.3, -0.25) is 4.98 Å². The SMILES string of the molecule is Cc1ncc(C2CCCC2(F)F)cc1F. The van der Waals surface area contributed by atoms with Crippen molar-refractivity contribution in [3.05, 3.63) is 29.3 Å². The molecule has 1 atom stereocenters. The van der Waals surface area contributed by atoms with Crippen molar-refractivity contribution in [3.8, 4) is 0 Å². The van der Waals surface area contributed by atoms with Gasteiger partial charge in [-0.1, -0.05) is 0 Å². The van der Waals surface area contributed by atoms with Crippen LogP contribution in [0.1, 0.15) is 36.4 Å². The molecule has 1 aliphatic rings. The molecule has 1 saturated carbocycles. The van der Waals surface area contributed by atoms with Crippen molar-refractivity contribution in [3.63, 3.8) is 0 Å². The van der Waals surface area contributed by atoms with E-state index < -0.39 is 17.7 Å². The summed E-state index contributed by atoms with van der Waals surface area (Å²) in [7, 11) is 0. The van der Waals surface area contributed by atoms with Crippen LogP contribution in [0.2, 0.25) is 0 Å². The molecule has 0 aromatic carbocycles. The lowest BCUT2D eigenvalue weighted by atomic mass is 9.96. The van der Waals surface area contributed by atoms with E-state index >= 15 is 0 Å². The third-order valence-corrected chi connectivity index (χ3v) is 2.96. The number of alkyl halides is 2. The van der Waals surface area contributed by atoms with Crippen molar-refractivity contribution >= 4 is 0 Å². The summed E-state index contributed by atoms with van der Waals surface area (Å²) < 4.78 is 39.9. The molecule has 1 nitrogen and oxygen atoms in total. The van der Waals surface area contributed by atoms with Gasteiger partial charge in [0.05, 0.1) is 5.69 Å². The average molecular weight is 215 g/mol. The maximum absolute atomic E-state index is 13.4. The van der Waals surface area contributed by atoms with Crippen LogP contribution in [0.5, 0.6) is 0 Å². The Balaban J connectivity index is 2.33. The first-order valence-electron chi connectivity index (χ1n) is 5.00. The Labute approximate surface area is 86.3 Å². The average Bonchev–Trinajstić information content (AvgIpc) is 2.50. The van der Waals surface area contributed by atoms with Gasteiger partial charge >= 0.3 is 0 Å². The second-order valence-corrected chi connectivity index (χ2v) is 4.04. The Morgan fingerprint density at radius 2 is 2.20 bits per heavy atom. The zero-order chi connectivity index (χ0) is 11.1. The number of nitrogens with zero attached hydrogens (tertiary/aromatic N) is 1. The van der Waals surface area contributed by atoms with Crippen molar-refractivity contribution < 1.29 is 13.2 Å². The van der Waals surface area contributed by atoms with Gasteiger partial charge in [0.2, 0.25) is 0 Å². The number of hydrogen-bond donors (Lipinski definition) is 0. The summed E-state index contributed by atoms with van der Waals surface area (Å²) in [6.45, 7) is 1.52. The van der Waals surface area contributed by atoms with Crippen molar-refractivity contribution in [2.75, 3.05) is 0 Å². The van der Waals surface area contributed by atoms with Gasteiger partial charge in [-0.25, -0.2) is 13.2 Å². The van der Waals surface area contributed by atoms with Crippen LogP contribution in [0, 0.1) is 12.7 Å². The van der Waals surface area contributed by atoms with Gasteiger partial charge in [-0.15, -0.1) is 0 Å². The third kappa shape index (κ3) is 1.85. The Bertz CT molecular complexity index is 376. The lowest BCUT2D eigenvalue weighted by molar-refractivity contribution is -0.00911. The van der Waals surface area contributed by atoms with Gasteiger partial charge < -0.3 is 0 Å². The predicted octanol–water partition coefficient (Wildman–Crippen LogP) is 3.43. The van der Waals surface area contributed by atoms with E-state index in [-0.39, 0.29) is 12.1 Å². The fourth-order valence-electron chi connectivity index (χ4n) is 2.05. The van der Waals surface area contributed by atoms with E-state index in [4.69, 9.17) is 0 Å². The topological polar surface area (TPSA) is 12.9 Å². The van der Waals surface area contributed by atoms with Crippen molar-refractivity contribution in [2.24, 2.45) is 0 Å². The Hall–Kier alpha value is -1.06. The first-order valence-corrected chi connectivity index (χ1v) is 5.00. The fourth-order valence-corrected chi connectivity index (χ4v) is 2.05. The number of hydrogen-bond acceptors (Lipinski definition) is 1. The fraction of sp³-hybridized carbons (Fsp3) is 0.545. The molecule has 1 aromatic rings. The quantitative estimate of drug-likeness (QED) is 0.699. The largest absolute Gasteiger partial charge is 0.258 e. The number of halogens is 3. The minimum Gasteiger partial charge on any atom is -0.258 e.